The van der Waals surface area contributed by atoms with Gasteiger partial charge in [0.25, 0.3) is 5.56 Å². The van der Waals surface area contributed by atoms with Gasteiger partial charge in [-0.25, -0.2) is 18.3 Å². The molecule has 0 aliphatic rings. The molecule has 1 aromatic rings. The summed E-state index contributed by atoms with van der Waals surface area (Å²) in [5, 5.41) is 4.60. The largest absolute Gasteiger partial charge is 0.342 e. The zero-order chi connectivity index (χ0) is 13.6. The van der Waals surface area contributed by atoms with E-state index in [1.165, 1.54) is 0 Å². The fourth-order valence-corrected chi connectivity index (χ4v) is 2.84. The van der Waals surface area contributed by atoms with Crippen LogP contribution in [0.1, 0.15) is 39.0 Å². The number of aromatic nitrogens is 3. The maximum absolute atomic E-state index is 11.8. The van der Waals surface area contributed by atoms with Crippen molar-refractivity contribution in [2.24, 2.45) is 0 Å². The molecule has 0 atom stereocenters. The van der Waals surface area contributed by atoms with E-state index in [2.05, 4.69) is 12.0 Å². The number of nitrogens with one attached hydrogen (secondary N) is 2. The van der Waals surface area contributed by atoms with Crippen LogP contribution in [-0.4, -0.2) is 29.4 Å². The molecule has 8 heteroatoms. The number of hydrogen-bond donors (Lipinski definition) is 2. The van der Waals surface area contributed by atoms with E-state index in [4.69, 9.17) is 0 Å². The van der Waals surface area contributed by atoms with Crippen LogP contribution in [-0.2, 0) is 9.84 Å². The van der Waals surface area contributed by atoms with Crippen molar-refractivity contribution in [3.63, 3.8) is 0 Å². The van der Waals surface area contributed by atoms with Crippen LogP contribution in [0.3, 0.4) is 0 Å². The van der Waals surface area contributed by atoms with E-state index in [0.717, 1.165) is 25.7 Å². The van der Waals surface area contributed by atoms with E-state index in [0.29, 0.717) is 6.42 Å². The molecule has 0 saturated carbocycles. The van der Waals surface area contributed by atoms with E-state index < -0.39 is 26.1 Å². The molecule has 7 nitrogen and oxygen atoms in total. The Hall–Kier alpha value is -1.44. The normalized spacial score (nSPS) is 11.6. The Balaban J connectivity index is 2.69. The summed E-state index contributed by atoms with van der Waals surface area (Å²) in [6, 6.07) is 0. The zero-order valence-electron chi connectivity index (χ0n) is 10.2. The van der Waals surface area contributed by atoms with Gasteiger partial charge in [-0.15, -0.1) is 0 Å². The van der Waals surface area contributed by atoms with Gasteiger partial charge in [-0.05, 0) is 6.42 Å². The van der Waals surface area contributed by atoms with Crippen LogP contribution < -0.4 is 11.2 Å². The monoisotopic (exact) mass is 275 g/mol. The third kappa shape index (κ3) is 4.10. The highest BCUT2D eigenvalue weighted by Crippen LogP contribution is 2.07. The predicted molar refractivity (Wildman–Crippen MR) is 66.3 cm³/mol. The molecular formula is C10H17N3O4S. The van der Waals surface area contributed by atoms with Crippen molar-refractivity contribution in [3.8, 4) is 0 Å². The predicted octanol–water partition coefficient (Wildman–Crippen LogP) is 0.202. The fourth-order valence-electron chi connectivity index (χ4n) is 1.54. The van der Waals surface area contributed by atoms with E-state index in [-0.39, 0.29) is 5.75 Å². The number of unbranched alkanes of at least 4 members (excludes halogenated alkanes) is 4. The molecule has 102 valence electrons. The standard InChI is InChI=1S/C10H17N3O4S/c1-2-3-4-5-6-7-18(16,17)9-8(14)11-10(15)13-12-9/h2-7H2,1H3,(H2,11,13,14,15). The zero-order valence-corrected chi connectivity index (χ0v) is 11.0. The Labute approximate surface area is 105 Å². The summed E-state index contributed by atoms with van der Waals surface area (Å²) in [5.74, 6) is -0.126. The van der Waals surface area contributed by atoms with Crippen LogP contribution in [0.15, 0.2) is 14.6 Å². The third-order valence-electron chi connectivity index (χ3n) is 2.49. The highest BCUT2D eigenvalue weighted by Gasteiger charge is 2.20. The summed E-state index contributed by atoms with van der Waals surface area (Å²) < 4.78 is 23.6. The van der Waals surface area contributed by atoms with Gasteiger partial charge in [0.1, 0.15) is 0 Å². The maximum Gasteiger partial charge on any atom is 0.342 e. The lowest BCUT2D eigenvalue weighted by Gasteiger charge is -2.02. The van der Waals surface area contributed by atoms with Crippen molar-refractivity contribution in [1.29, 1.82) is 0 Å². The van der Waals surface area contributed by atoms with Gasteiger partial charge in [-0.3, -0.25) is 9.78 Å². The van der Waals surface area contributed by atoms with E-state index in [9.17, 15) is 18.0 Å². The Bertz CT molecular complexity index is 588. The Morgan fingerprint density at radius 2 is 1.78 bits per heavy atom. The second kappa shape index (κ2) is 6.48. The van der Waals surface area contributed by atoms with Gasteiger partial charge in [0.05, 0.1) is 5.75 Å². The van der Waals surface area contributed by atoms with Crippen LogP contribution in [0.4, 0.5) is 0 Å². The van der Waals surface area contributed by atoms with Crippen molar-refractivity contribution >= 4 is 9.84 Å². The van der Waals surface area contributed by atoms with Gasteiger partial charge in [-0.1, -0.05) is 32.6 Å². The molecule has 0 saturated heterocycles. The molecule has 18 heavy (non-hydrogen) atoms. The van der Waals surface area contributed by atoms with Gasteiger partial charge in [0.15, 0.2) is 0 Å². The summed E-state index contributed by atoms with van der Waals surface area (Å²) in [6.07, 6.45) is 4.41. The lowest BCUT2D eigenvalue weighted by molar-refractivity contribution is 0.577. The smallest absolute Gasteiger partial charge is 0.270 e. The van der Waals surface area contributed by atoms with Crippen molar-refractivity contribution in [2.45, 2.75) is 44.1 Å². The highest BCUT2D eigenvalue weighted by molar-refractivity contribution is 7.91. The molecule has 1 heterocycles. The first kappa shape index (κ1) is 14.6. The van der Waals surface area contributed by atoms with Crippen molar-refractivity contribution < 1.29 is 8.42 Å². The highest BCUT2D eigenvalue weighted by atomic mass is 32.2. The van der Waals surface area contributed by atoms with Crippen molar-refractivity contribution in [1.82, 2.24) is 15.2 Å². The molecular weight excluding hydrogens is 258 g/mol. The minimum absolute atomic E-state index is 0.126. The van der Waals surface area contributed by atoms with Gasteiger partial charge in [-0.2, -0.15) is 5.10 Å². The van der Waals surface area contributed by atoms with Gasteiger partial charge in [0, 0.05) is 0 Å². The molecule has 0 aliphatic carbocycles. The Morgan fingerprint density at radius 1 is 1.11 bits per heavy atom. The Kier molecular flexibility index (Phi) is 5.26. The van der Waals surface area contributed by atoms with Crippen LogP contribution >= 0.6 is 0 Å². The maximum atomic E-state index is 11.8. The molecule has 1 aromatic heterocycles. The topological polar surface area (TPSA) is 113 Å². The number of rotatable bonds is 7. The van der Waals surface area contributed by atoms with E-state index >= 15 is 0 Å². The lowest BCUT2D eigenvalue weighted by atomic mass is 10.2. The lowest BCUT2D eigenvalue weighted by Crippen LogP contribution is -2.30. The molecule has 2 N–H and O–H groups in total. The summed E-state index contributed by atoms with van der Waals surface area (Å²) in [7, 11) is -3.72. The van der Waals surface area contributed by atoms with Crippen LogP contribution in [0.25, 0.3) is 0 Å². The van der Waals surface area contributed by atoms with Crippen LogP contribution in [0.2, 0.25) is 0 Å². The Morgan fingerprint density at radius 3 is 2.39 bits per heavy atom. The molecule has 0 unspecified atom stereocenters. The second-order valence-corrected chi connectivity index (χ2v) is 6.07. The number of hydrogen-bond acceptors (Lipinski definition) is 5. The molecule has 0 spiro atoms. The molecule has 1 rings (SSSR count). The summed E-state index contributed by atoms with van der Waals surface area (Å²) >= 11 is 0. The van der Waals surface area contributed by atoms with E-state index in [1.54, 1.807) is 0 Å². The minimum atomic E-state index is -3.72. The summed E-state index contributed by atoms with van der Waals surface area (Å²) in [4.78, 5) is 23.9. The van der Waals surface area contributed by atoms with Crippen molar-refractivity contribution in [3.05, 3.63) is 20.8 Å². The van der Waals surface area contributed by atoms with E-state index in [1.807, 2.05) is 10.1 Å². The first-order valence-corrected chi connectivity index (χ1v) is 7.54. The van der Waals surface area contributed by atoms with Gasteiger partial charge in [0.2, 0.25) is 14.9 Å². The number of sulfone groups is 1. The molecule has 0 fully saturated rings. The third-order valence-corrected chi connectivity index (χ3v) is 4.18. The summed E-state index contributed by atoms with van der Waals surface area (Å²) in [6.45, 7) is 2.07. The number of nitrogens with zero attached hydrogens (tertiary/aromatic N) is 1. The average Bonchev–Trinajstić information content (AvgIpc) is 2.28. The minimum Gasteiger partial charge on any atom is -0.270 e. The van der Waals surface area contributed by atoms with Crippen LogP contribution in [0.5, 0.6) is 0 Å². The van der Waals surface area contributed by atoms with Crippen LogP contribution in [0, 0.1) is 0 Å². The SMILES string of the molecule is CCCCCCCS(=O)(=O)c1n[nH]c(=O)[nH]c1=O. The molecule has 0 radical (unpaired) electrons. The molecule has 0 aromatic carbocycles. The van der Waals surface area contributed by atoms with Gasteiger partial charge < -0.3 is 0 Å². The molecule has 0 bridgehead atoms. The van der Waals surface area contributed by atoms with Gasteiger partial charge >= 0.3 is 5.69 Å². The summed E-state index contributed by atoms with van der Waals surface area (Å²) in [5.41, 5.74) is -1.78. The first-order chi connectivity index (χ1) is 8.47. The fraction of sp³-hybridized carbons (Fsp3) is 0.700. The van der Waals surface area contributed by atoms with Crippen molar-refractivity contribution in [2.75, 3.05) is 5.75 Å². The first-order valence-electron chi connectivity index (χ1n) is 5.89. The average molecular weight is 275 g/mol. The number of H-pyrrole nitrogens is 2. The second-order valence-electron chi connectivity index (χ2n) is 4.05. The quantitative estimate of drug-likeness (QED) is 0.690. The number of aromatic amines is 2. The molecule has 0 amide bonds. The molecule has 0 aliphatic heterocycles.